The van der Waals surface area contributed by atoms with Gasteiger partial charge in [-0.1, -0.05) is 54.4 Å². The van der Waals surface area contributed by atoms with Crippen LogP contribution in [0.2, 0.25) is 0 Å². The quantitative estimate of drug-likeness (QED) is 0.560. The highest BCUT2D eigenvalue weighted by Crippen LogP contribution is 2.51. The zero-order valence-corrected chi connectivity index (χ0v) is 14.2. The summed E-state index contributed by atoms with van der Waals surface area (Å²) in [7, 11) is 0. The van der Waals surface area contributed by atoms with E-state index in [4.69, 9.17) is 0 Å². The van der Waals surface area contributed by atoms with E-state index in [0.29, 0.717) is 5.41 Å². The topological polar surface area (TPSA) is 0 Å². The molecule has 0 aromatic heterocycles. The second-order valence-corrected chi connectivity index (χ2v) is 8.75. The monoisotopic (exact) mass is 264 g/mol. The lowest BCUT2D eigenvalue weighted by Crippen LogP contribution is -2.40. The lowest BCUT2D eigenvalue weighted by molar-refractivity contribution is 0.0121. The minimum Gasteiger partial charge on any atom is -0.0623 e. The van der Waals surface area contributed by atoms with Crippen molar-refractivity contribution < 1.29 is 0 Å². The van der Waals surface area contributed by atoms with Gasteiger partial charge in [-0.15, -0.1) is 0 Å². The van der Waals surface area contributed by atoms with Crippen molar-refractivity contribution in [2.45, 2.75) is 80.1 Å². The van der Waals surface area contributed by atoms with Crippen LogP contribution in [0, 0.1) is 40.9 Å². The molecular formula is C19H36. The third kappa shape index (κ3) is 3.19. The van der Waals surface area contributed by atoms with E-state index in [2.05, 4.69) is 41.5 Å². The molecular weight excluding hydrogens is 228 g/mol. The fourth-order valence-corrected chi connectivity index (χ4v) is 4.78. The van der Waals surface area contributed by atoms with Gasteiger partial charge in [0.2, 0.25) is 0 Å². The molecule has 6 atom stereocenters. The maximum atomic E-state index is 2.59. The zero-order valence-electron chi connectivity index (χ0n) is 14.2. The molecule has 2 aliphatic carbocycles. The van der Waals surface area contributed by atoms with Crippen molar-refractivity contribution in [2.24, 2.45) is 40.9 Å². The summed E-state index contributed by atoms with van der Waals surface area (Å²) in [5, 5.41) is 0. The van der Waals surface area contributed by atoms with Crippen molar-refractivity contribution in [3.63, 3.8) is 0 Å². The van der Waals surface area contributed by atoms with Crippen LogP contribution in [0.1, 0.15) is 80.1 Å². The standard InChI is InChI=1S/C19H36/c1-13-7-9-17(11-15(13)3)19(5,6)18-10-8-14(2)16(4)12-18/h13-18H,7-12H2,1-6H3. The molecule has 112 valence electrons. The average molecular weight is 264 g/mol. The van der Waals surface area contributed by atoms with E-state index in [1.165, 1.54) is 38.5 Å². The molecule has 0 amide bonds. The minimum atomic E-state index is 0.572. The van der Waals surface area contributed by atoms with Gasteiger partial charge in [0.15, 0.2) is 0 Å². The molecule has 6 unspecified atom stereocenters. The number of rotatable bonds is 2. The first-order valence-corrected chi connectivity index (χ1v) is 8.82. The van der Waals surface area contributed by atoms with Gasteiger partial charge in [0.25, 0.3) is 0 Å². The Morgan fingerprint density at radius 2 is 0.947 bits per heavy atom. The van der Waals surface area contributed by atoms with Gasteiger partial charge in [0.1, 0.15) is 0 Å². The summed E-state index contributed by atoms with van der Waals surface area (Å²) in [4.78, 5) is 0. The van der Waals surface area contributed by atoms with E-state index in [1.807, 2.05) is 0 Å². The van der Waals surface area contributed by atoms with Crippen molar-refractivity contribution in [3.8, 4) is 0 Å². The van der Waals surface area contributed by atoms with Crippen LogP contribution in [-0.4, -0.2) is 0 Å². The van der Waals surface area contributed by atoms with Crippen molar-refractivity contribution in [2.75, 3.05) is 0 Å². The fourth-order valence-electron chi connectivity index (χ4n) is 4.78. The Labute approximate surface area is 121 Å². The summed E-state index contributed by atoms with van der Waals surface area (Å²) >= 11 is 0. The first-order chi connectivity index (χ1) is 8.82. The normalized spacial score (nSPS) is 45.2. The molecule has 0 radical (unpaired) electrons. The first-order valence-electron chi connectivity index (χ1n) is 8.82. The predicted molar refractivity (Wildman–Crippen MR) is 85.1 cm³/mol. The molecule has 2 fully saturated rings. The van der Waals surface area contributed by atoms with Crippen LogP contribution in [0.5, 0.6) is 0 Å². The third-order valence-corrected chi connectivity index (χ3v) is 7.30. The summed E-state index contributed by atoms with van der Waals surface area (Å²) in [6.45, 7) is 15.1. The van der Waals surface area contributed by atoms with Gasteiger partial charge in [-0.2, -0.15) is 0 Å². The molecule has 2 saturated carbocycles. The van der Waals surface area contributed by atoms with Gasteiger partial charge in [-0.05, 0) is 66.6 Å². The molecule has 0 spiro atoms. The highest BCUT2D eigenvalue weighted by molar-refractivity contribution is 4.92. The van der Waals surface area contributed by atoms with Crippen LogP contribution in [0.4, 0.5) is 0 Å². The Morgan fingerprint density at radius 1 is 0.579 bits per heavy atom. The van der Waals surface area contributed by atoms with E-state index < -0.39 is 0 Å². The molecule has 0 nitrogen and oxygen atoms in total. The van der Waals surface area contributed by atoms with Gasteiger partial charge in [0.05, 0.1) is 0 Å². The smallest absolute Gasteiger partial charge is 0.0297 e. The summed E-state index contributed by atoms with van der Waals surface area (Å²) in [5.74, 6) is 5.75. The second kappa shape index (κ2) is 5.78. The van der Waals surface area contributed by atoms with Crippen molar-refractivity contribution in [1.29, 1.82) is 0 Å². The van der Waals surface area contributed by atoms with E-state index in [9.17, 15) is 0 Å². The average Bonchev–Trinajstić information content (AvgIpc) is 2.35. The molecule has 0 aliphatic heterocycles. The lowest BCUT2D eigenvalue weighted by atomic mass is 9.57. The summed E-state index contributed by atoms with van der Waals surface area (Å²) < 4.78 is 0. The third-order valence-electron chi connectivity index (χ3n) is 7.30. The first kappa shape index (κ1) is 15.4. The van der Waals surface area contributed by atoms with Crippen molar-refractivity contribution in [3.05, 3.63) is 0 Å². The fraction of sp³-hybridized carbons (Fsp3) is 1.00. The van der Waals surface area contributed by atoms with Crippen LogP contribution in [-0.2, 0) is 0 Å². The predicted octanol–water partition coefficient (Wildman–Crippen LogP) is 6.16. The largest absolute Gasteiger partial charge is 0.0623 e. The Kier molecular flexibility index (Phi) is 4.68. The second-order valence-electron chi connectivity index (χ2n) is 8.75. The van der Waals surface area contributed by atoms with E-state index in [0.717, 1.165) is 35.5 Å². The zero-order chi connectivity index (χ0) is 14.2. The van der Waals surface area contributed by atoms with Gasteiger partial charge in [-0.3, -0.25) is 0 Å². The Morgan fingerprint density at radius 3 is 1.26 bits per heavy atom. The molecule has 0 aromatic rings. The maximum absolute atomic E-state index is 2.59. The van der Waals surface area contributed by atoms with Gasteiger partial charge >= 0.3 is 0 Å². The maximum Gasteiger partial charge on any atom is -0.0297 e. The van der Waals surface area contributed by atoms with Crippen LogP contribution >= 0.6 is 0 Å². The summed E-state index contributed by atoms with van der Waals surface area (Å²) in [6.07, 6.45) is 8.86. The highest BCUT2D eigenvalue weighted by atomic mass is 14.5. The molecule has 0 N–H and O–H groups in total. The van der Waals surface area contributed by atoms with Gasteiger partial charge < -0.3 is 0 Å². The van der Waals surface area contributed by atoms with Crippen LogP contribution in [0.15, 0.2) is 0 Å². The SMILES string of the molecule is CC1CCC(C(C)(C)C2CCC(C)C(C)C2)CC1C. The number of hydrogen-bond acceptors (Lipinski definition) is 0. The highest BCUT2D eigenvalue weighted by Gasteiger charge is 2.42. The molecule has 2 rings (SSSR count). The molecule has 0 bridgehead atoms. The van der Waals surface area contributed by atoms with Crippen molar-refractivity contribution >= 4 is 0 Å². The van der Waals surface area contributed by atoms with E-state index in [1.54, 1.807) is 0 Å². The van der Waals surface area contributed by atoms with Gasteiger partial charge in [0, 0.05) is 0 Å². The summed E-state index contributed by atoms with van der Waals surface area (Å²) in [6, 6.07) is 0. The molecule has 2 aliphatic rings. The Bertz CT molecular complexity index is 262. The Balaban J connectivity index is 2.01. The molecule has 0 aromatic carbocycles. The lowest BCUT2D eigenvalue weighted by Gasteiger charge is -2.49. The van der Waals surface area contributed by atoms with Crippen LogP contribution in [0.25, 0.3) is 0 Å². The molecule has 0 heteroatoms. The molecule has 19 heavy (non-hydrogen) atoms. The van der Waals surface area contributed by atoms with Gasteiger partial charge in [-0.25, -0.2) is 0 Å². The Hall–Kier alpha value is 0. The number of hydrogen-bond donors (Lipinski definition) is 0. The molecule has 0 heterocycles. The molecule has 0 saturated heterocycles. The van der Waals surface area contributed by atoms with Crippen molar-refractivity contribution in [1.82, 2.24) is 0 Å². The van der Waals surface area contributed by atoms with Crippen LogP contribution < -0.4 is 0 Å². The minimum absolute atomic E-state index is 0.572. The summed E-state index contributed by atoms with van der Waals surface area (Å²) in [5.41, 5.74) is 0.572. The van der Waals surface area contributed by atoms with Crippen LogP contribution in [0.3, 0.4) is 0 Å². The van der Waals surface area contributed by atoms with E-state index in [-0.39, 0.29) is 0 Å². The van der Waals surface area contributed by atoms with E-state index >= 15 is 0 Å².